The Morgan fingerprint density at radius 1 is 1.39 bits per heavy atom. The van der Waals surface area contributed by atoms with Gasteiger partial charge in [0.05, 0.1) is 12.0 Å². The van der Waals surface area contributed by atoms with E-state index < -0.39 is 0 Å². The quantitative estimate of drug-likeness (QED) is 0.817. The number of thiophene rings is 1. The predicted molar refractivity (Wildman–Crippen MR) is 90.0 cm³/mol. The monoisotopic (exact) mass is 335 g/mol. The van der Waals surface area contributed by atoms with Gasteiger partial charge in [0, 0.05) is 6.54 Å². The maximum atomic E-state index is 12.5. The van der Waals surface area contributed by atoms with Crippen molar-refractivity contribution in [1.82, 2.24) is 9.97 Å². The van der Waals surface area contributed by atoms with Gasteiger partial charge in [-0.05, 0) is 38.2 Å². The second kappa shape index (κ2) is 7.23. The molecule has 6 nitrogen and oxygen atoms in total. The second-order valence-corrected chi connectivity index (χ2v) is 6.77. The number of carbonyl (C=O) groups excluding carboxylic acids is 1. The van der Waals surface area contributed by atoms with E-state index in [9.17, 15) is 4.79 Å². The summed E-state index contributed by atoms with van der Waals surface area (Å²) in [7, 11) is 0. The first-order valence-corrected chi connectivity index (χ1v) is 8.82. The molecule has 2 heterocycles. The van der Waals surface area contributed by atoms with Crippen molar-refractivity contribution in [3.8, 4) is 0 Å². The number of nitrogens with one attached hydrogen (secondary N) is 1. The molecule has 0 radical (unpaired) electrons. The molecule has 2 aromatic heterocycles. The van der Waals surface area contributed by atoms with E-state index in [1.165, 1.54) is 24.1 Å². The van der Waals surface area contributed by atoms with E-state index in [4.69, 9.17) is 9.84 Å². The van der Waals surface area contributed by atoms with Crippen LogP contribution in [0.1, 0.15) is 47.3 Å². The highest BCUT2D eigenvalue weighted by Crippen LogP contribution is 2.34. The maximum Gasteiger partial charge on any atom is 0.348 e. The van der Waals surface area contributed by atoms with Crippen LogP contribution < -0.4 is 5.32 Å². The van der Waals surface area contributed by atoms with Crippen LogP contribution in [0.5, 0.6) is 0 Å². The van der Waals surface area contributed by atoms with Crippen LogP contribution in [0.2, 0.25) is 0 Å². The largest absolute Gasteiger partial charge is 0.458 e. The minimum atomic E-state index is -0.259. The van der Waals surface area contributed by atoms with E-state index in [0.717, 1.165) is 41.5 Å². The summed E-state index contributed by atoms with van der Waals surface area (Å²) in [6, 6.07) is 0. The molecular weight excluding hydrogens is 314 g/mol. The Morgan fingerprint density at radius 2 is 2.17 bits per heavy atom. The van der Waals surface area contributed by atoms with Crippen molar-refractivity contribution in [1.29, 1.82) is 0 Å². The second-order valence-electron chi connectivity index (χ2n) is 5.77. The zero-order chi connectivity index (χ0) is 16.2. The summed E-state index contributed by atoms with van der Waals surface area (Å²) < 4.78 is 5.67. The number of aliphatic hydroxyl groups excluding tert-OH is 1. The number of nitrogens with zero attached hydrogens (tertiary/aromatic N) is 2. The third-order valence-electron chi connectivity index (χ3n) is 4.14. The van der Waals surface area contributed by atoms with Gasteiger partial charge in [-0.15, -0.1) is 11.3 Å². The Morgan fingerprint density at radius 3 is 2.91 bits per heavy atom. The predicted octanol–water partition coefficient (Wildman–Crippen LogP) is 2.89. The molecule has 0 aliphatic heterocycles. The minimum Gasteiger partial charge on any atom is -0.458 e. The molecular formula is C16H21N3O3S. The molecule has 1 saturated carbocycles. The molecule has 124 valence electrons. The average Bonchev–Trinajstić information content (AvgIpc) is 2.91. The number of fused-ring (bicyclic) bond motifs is 1. The SMILES string of the molecule is Cc1c(C(=O)OC2CCCCC2)sc2ncnc(NCCO)c12. The van der Waals surface area contributed by atoms with Crippen molar-refractivity contribution in [2.75, 3.05) is 18.5 Å². The van der Waals surface area contributed by atoms with E-state index >= 15 is 0 Å². The Bertz CT molecular complexity index is 695. The Balaban J connectivity index is 1.86. The van der Waals surface area contributed by atoms with Gasteiger partial charge in [-0.1, -0.05) is 6.42 Å². The van der Waals surface area contributed by atoms with Crippen LogP contribution in [0.25, 0.3) is 10.2 Å². The lowest BCUT2D eigenvalue weighted by Crippen LogP contribution is -2.20. The molecule has 1 aliphatic rings. The van der Waals surface area contributed by atoms with E-state index in [1.54, 1.807) is 0 Å². The van der Waals surface area contributed by atoms with Gasteiger partial charge in [0.25, 0.3) is 0 Å². The van der Waals surface area contributed by atoms with E-state index in [-0.39, 0.29) is 18.7 Å². The van der Waals surface area contributed by atoms with Gasteiger partial charge in [-0.3, -0.25) is 0 Å². The third-order valence-corrected chi connectivity index (χ3v) is 5.32. The van der Waals surface area contributed by atoms with Crippen LogP contribution in [0.3, 0.4) is 0 Å². The smallest absolute Gasteiger partial charge is 0.348 e. The number of hydrogen-bond acceptors (Lipinski definition) is 7. The molecule has 3 rings (SSSR count). The normalized spacial score (nSPS) is 15.7. The van der Waals surface area contributed by atoms with Crippen molar-refractivity contribution >= 4 is 33.3 Å². The molecule has 2 N–H and O–H groups in total. The summed E-state index contributed by atoms with van der Waals surface area (Å²) >= 11 is 1.34. The zero-order valence-corrected chi connectivity index (χ0v) is 14.0. The summed E-state index contributed by atoms with van der Waals surface area (Å²) in [5, 5.41) is 12.9. The number of hydrogen-bond donors (Lipinski definition) is 2. The molecule has 0 amide bonds. The van der Waals surface area contributed by atoms with E-state index in [0.29, 0.717) is 17.2 Å². The lowest BCUT2D eigenvalue weighted by Gasteiger charge is -2.21. The van der Waals surface area contributed by atoms with Crippen LogP contribution in [-0.4, -0.2) is 40.3 Å². The summed E-state index contributed by atoms with van der Waals surface area (Å²) in [6.45, 7) is 2.32. The van der Waals surface area contributed by atoms with E-state index in [1.807, 2.05) is 6.92 Å². The molecule has 2 aromatic rings. The number of aromatic nitrogens is 2. The fourth-order valence-corrected chi connectivity index (χ4v) is 3.99. The van der Waals surface area contributed by atoms with Gasteiger partial charge in [0.15, 0.2) is 0 Å². The first-order chi connectivity index (χ1) is 11.2. The van der Waals surface area contributed by atoms with Gasteiger partial charge in [-0.2, -0.15) is 0 Å². The molecule has 0 aromatic carbocycles. The summed E-state index contributed by atoms with van der Waals surface area (Å²) in [6.07, 6.45) is 6.91. The molecule has 7 heteroatoms. The number of anilines is 1. The summed E-state index contributed by atoms with van der Waals surface area (Å²) in [5.41, 5.74) is 0.840. The fraction of sp³-hybridized carbons (Fsp3) is 0.562. The zero-order valence-electron chi connectivity index (χ0n) is 13.2. The van der Waals surface area contributed by atoms with Gasteiger partial charge in [0.2, 0.25) is 0 Å². The number of carbonyl (C=O) groups is 1. The topological polar surface area (TPSA) is 84.3 Å². The molecule has 0 bridgehead atoms. The van der Waals surface area contributed by atoms with Gasteiger partial charge >= 0.3 is 5.97 Å². The summed E-state index contributed by atoms with van der Waals surface area (Å²) in [5.74, 6) is 0.389. The fourth-order valence-electron chi connectivity index (χ4n) is 2.96. The van der Waals surface area contributed by atoms with E-state index in [2.05, 4.69) is 15.3 Å². The standard InChI is InChI=1S/C16H21N3O3S/c1-10-12-14(17-7-8-20)18-9-19-15(12)23-13(10)16(21)22-11-5-3-2-4-6-11/h9,11,20H,2-8H2,1H3,(H,17,18,19). The molecule has 0 unspecified atom stereocenters. The molecule has 0 atom stereocenters. The number of rotatable bonds is 5. The Kier molecular flexibility index (Phi) is 5.07. The van der Waals surface area contributed by atoms with Crippen molar-refractivity contribution in [2.24, 2.45) is 0 Å². The average molecular weight is 335 g/mol. The Labute approximate surface area is 138 Å². The van der Waals surface area contributed by atoms with Gasteiger partial charge in [-0.25, -0.2) is 14.8 Å². The molecule has 1 aliphatic carbocycles. The number of ether oxygens (including phenoxy) is 1. The van der Waals surface area contributed by atoms with Crippen LogP contribution >= 0.6 is 11.3 Å². The lowest BCUT2D eigenvalue weighted by molar-refractivity contribution is 0.0216. The van der Waals surface area contributed by atoms with Crippen molar-refractivity contribution in [3.63, 3.8) is 0 Å². The van der Waals surface area contributed by atoms with Crippen molar-refractivity contribution < 1.29 is 14.6 Å². The lowest BCUT2D eigenvalue weighted by atomic mass is 9.98. The maximum absolute atomic E-state index is 12.5. The van der Waals surface area contributed by atoms with Crippen LogP contribution in [0.4, 0.5) is 5.82 Å². The minimum absolute atomic E-state index is 0.0191. The highest BCUT2D eigenvalue weighted by atomic mass is 32.1. The first-order valence-electron chi connectivity index (χ1n) is 8.00. The number of aryl methyl sites for hydroxylation is 1. The van der Waals surface area contributed by atoms with Crippen LogP contribution in [0, 0.1) is 6.92 Å². The van der Waals surface area contributed by atoms with Crippen LogP contribution in [-0.2, 0) is 4.74 Å². The third kappa shape index (κ3) is 3.45. The first kappa shape index (κ1) is 16.1. The molecule has 1 fully saturated rings. The highest BCUT2D eigenvalue weighted by Gasteiger charge is 2.24. The van der Waals surface area contributed by atoms with Crippen LogP contribution in [0.15, 0.2) is 6.33 Å². The highest BCUT2D eigenvalue weighted by molar-refractivity contribution is 7.20. The van der Waals surface area contributed by atoms with Gasteiger partial charge in [0.1, 0.15) is 28.0 Å². The molecule has 0 saturated heterocycles. The Hall–Kier alpha value is -1.73. The summed E-state index contributed by atoms with van der Waals surface area (Å²) in [4.78, 5) is 22.3. The van der Waals surface area contributed by atoms with Crippen molar-refractivity contribution in [2.45, 2.75) is 45.1 Å². The molecule has 23 heavy (non-hydrogen) atoms. The number of esters is 1. The van der Waals surface area contributed by atoms with Gasteiger partial charge < -0.3 is 15.2 Å². The molecule has 0 spiro atoms. The number of aliphatic hydroxyl groups is 1. The van der Waals surface area contributed by atoms with Crippen molar-refractivity contribution in [3.05, 3.63) is 16.8 Å².